The summed E-state index contributed by atoms with van der Waals surface area (Å²) in [6, 6.07) is 11.9. The molecule has 4 rings (SSSR count). The Kier molecular flexibility index (Phi) is 8.31. The summed E-state index contributed by atoms with van der Waals surface area (Å²) in [6.07, 6.45) is 3.13. The van der Waals surface area contributed by atoms with Crippen LogP contribution >= 0.6 is 11.6 Å². The van der Waals surface area contributed by atoms with E-state index < -0.39 is 13.7 Å². The number of aromatic nitrogens is 3. The number of fused-ring (bicyclic) bond motifs is 1. The quantitative estimate of drug-likeness (QED) is 0.180. The summed E-state index contributed by atoms with van der Waals surface area (Å²) in [5, 5.41) is 1.27. The Hall–Kier alpha value is -2.42. The Morgan fingerprint density at radius 3 is 2.41 bits per heavy atom. The largest absolute Gasteiger partial charge is 0.444 e. The van der Waals surface area contributed by atoms with E-state index >= 15 is 0 Å². The van der Waals surface area contributed by atoms with Crippen molar-refractivity contribution in [1.29, 1.82) is 0 Å². The van der Waals surface area contributed by atoms with Crippen LogP contribution in [-0.2, 0) is 16.2 Å². The van der Waals surface area contributed by atoms with Crippen LogP contribution in [0.25, 0.3) is 22.3 Å². The number of likely N-dealkylation sites (tertiary alicyclic amines) is 1. The van der Waals surface area contributed by atoms with Crippen LogP contribution in [0.4, 0.5) is 4.79 Å². The molecule has 1 amide bonds. The molecule has 1 aliphatic rings. The van der Waals surface area contributed by atoms with Crippen LogP contribution in [0.15, 0.2) is 36.7 Å². The molecule has 3 aromatic rings. The van der Waals surface area contributed by atoms with E-state index in [2.05, 4.69) is 58.4 Å². The van der Waals surface area contributed by atoms with Gasteiger partial charge in [-0.2, -0.15) is 0 Å². The maximum atomic E-state index is 12.4. The highest BCUT2D eigenvalue weighted by atomic mass is 35.5. The smallest absolute Gasteiger partial charge is 0.410 e. The molecule has 2 aromatic heterocycles. The number of piperidine rings is 1. The lowest BCUT2D eigenvalue weighted by molar-refractivity contribution is 0.0205. The molecule has 0 atom stereocenters. The lowest BCUT2D eigenvalue weighted by atomic mass is 9.89. The molecular weight excluding hydrogens is 504 g/mol. The Morgan fingerprint density at radius 1 is 1.11 bits per heavy atom. The van der Waals surface area contributed by atoms with Gasteiger partial charge in [-0.3, -0.25) is 0 Å². The fourth-order valence-electron chi connectivity index (χ4n) is 4.59. The molecule has 0 N–H and O–H groups in total. The first-order valence-corrected chi connectivity index (χ1v) is 17.2. The fraction of sp³-hybridized carbons (Fsp3) is 0.536. The standard InChI is InChI=1S/C28H39ClN4O3Si/c1-28(2,3)36-27(34)32-13-11-21(12-14-32)20-7-9-22(10-8-20)24-17-23-25(29)30-18-31-26(23)33(24)19-35-15-16-37(4,5)6/h7-10,17-18,21H,11-16,19H2,1-6H3. The van der Waals surface area contributed by atoms with Gasteiger partial charge in [0.25, 0.3) is 0 Å². The topological polar surface area (TPSA) is 69.5 Å². The lowest BCUT2D eigenvalue weighted by Gasteiger charge is -2.33. The highest BCUT2D eigenvalue weighted by molar-refractivity contribution is 6.76. The maximum Gasteiger partial charge on any atom is 0.410 e. The summed E-state index contributed by atoms with van der Waals surface area (Å²) >= 11 is 6.41. The summed E-state index contributed by atoms with van der Waals surface area (Å²) in [4.78, 5) is 22.9. The van der Waals surface area contributed by atoms with Gasteiger partial charge in [-0.05, 0) is 62.8 Å². The predicted octanol–water partition coefficient (Wildman–Crippen LogP) is 7.18. The lowest BCUT2D eigenvalue weighted by Crippen LogP contribution is -2.41. The van der Waals surface area contributed by atoms with Crippen molar-refractivity contribution in [3.05, 3.63) is 47.4 Å². The molecule has 1 saturated heterocycles. The van der Waals surface area contributed by atoms with Crippen LogP contribution in [-0.4, -0.2) is 58.9 Å². The monoisotopic (exact) mass is 542 g/mol. The van der Waals surface area contributed by atoms with Crippen molar-refractivity contribution in [1.82, 2.24) is 19.4 Å². The van der Waals surface area contributed by atoms with Crippen molar-refractivity contribution < 1.29 is 14.3 Å². The van der Waals surface area contributed by atoms with E-state index in [0.29, 0.717) is 30.9 Å². The van der Waals surface area contributed by atoms with E-state index in [9.17, 15) is 4.79 Å². The van der Waals surface area contributed by atoms with Gasteiger partial charge in [-0.15, -0.1) is 0 Å². The zero-order valence-corrected chi connectivity index (χ0v) is 24.6. The summed E-state index contributed by atoms with van der Waals surface area (Å²) in [6.45, 7) is 15.3. The van der Waals surface area contributed by atoms with Gasteiger partial charge in [0.1, 0.15) is 29.5 Å². The number of hydrogen-bond donors (Lipinski definition) is 0. The van der Waals surface area contributed by atoms with E-state index in [4.69, 9.17) is 21.1 Å². The molecule has 0 radical (unpaired) electrons. The number of carbonyl (C=O) groups excluding carboxylic acids is 1. The molecule has 7 nitrogen and oxygen atoms in total. The third kappa shape index (κ3) is 7.12. The molecule has 3 heterocycles. The average Bonchev–Trinajstić information content (AvgIpc) is 3.20. The number of halogens is 1. The van der Waals surface area contributed by atoms with Crippen molar-refractivity contribution in [2.45, 2.75) is 77.5 Å². The molecule has 200 valence electrons. The molecule has 1 fully saturated rings. The van der Waals surface area contributed by atoms with Gasteiger partial charge in [0.2, 0.25) is 0 Å². The second-order valence-corrected chi connectivity index (χ2v) is 18.1. The van der Waals surface area contributed by atoms with Crippen molar-refractivity contribution in [2.24, 2.45) is 0 Å². The molecule has 37 heavy (non-hydrogen) atoms. The average molecular weight is 543 g/mol. The summed E-state index contributed by atoms with van der Waals surface area (Å²) in [7, 11) is -1.17. The molecule has 0 spiro atoms. The van der Waals surface area contributed by atoms with E-state index in [1.807, 2.05) is 31.7 Å². The number of nitrogens with zero attached hydrogens (tertiary/aromatic N) is 4. The van der Waals surface area contributed by atoms with Crippen molar-refractivity contribution in [3.8, 4) is 11.3 Å². The number of carbonyl (C=O) groups is 1. The van der Waals surface area contributed by atoms with E-state index in [0.717, 1.165) is 47.8 Å². The van der Waals surface area contributed by atoms with Crippen LogP contribution in [0.2, 0.25) is 30.8 Å². The molecular formula is C28H39ClN4O3Si. The van der Waals surface area contributed by atoms with Gasteiger partial charge < -0.3 is 18.9 Å². The SMILES string of the molecule is CC(C)(C)OC(=O)N1CCC(c2ccc(-c3cc4c(Cl)ncnc4n3COCC[Si](C)(C)C)cc2)CC1. The van der Waals surface area contributed by atoms with Gasteiger partial charge in [-0.25, -0.2) is 14.8 Å². The van der Waals surface area contributed by atoms with Crippen LogP contribution in [0.1, 0.15) is 45.1 Å². The van der Waals surface area contributed by atoms with Gasteiger partial charge in [0.05, 0.1) is 11.1 Å². The van der Waals surface area contributed by atoms with Crippen LogP contribution < -0.4 is 0 Å². The van der Waals surface area contributed by atoms with Crippen molar-refractivity contribution in [2.75, 3.05) is 19.7 Å². The molecule has 1 aliphatic heterocycles. The number of benzene rings is 1. The number of ether oxygens (including phenoxy) is 2. The van der Waals surface area contributed by atoms with E-state index in [-0.39, 0.29) is 6.09 Å². The normalized spacial score (nSPS) is 15.4. The Morgan fingerprint density at radius 2 is 1.78 bits per heavy atom. The van der Waals surface area contributed by atoms with Gasteiger partial charge in [-0.1, -0.05) is 55.5 Å². The van der Waals surface area contributed by atoms with Crippen LogP contribution in [0, 0.1) is 0 Å². The highest BCUT2D eigenvalue weighted by Gasteiger charge is 2.27. The maximum absolute atomic E-state index is 12.4. The Bertz CT molecular complexity index is 1220. The molecule has 0 aliphatic carbocycles. The fourth-order valence-corrected chi connectivity index (χ4v) is 5.52. The summed E-state index contributed by atoms with van der Waals surface area (Å²) in [5.74, 6) is 0.420. The first-order chi connectivity index (χ1) is 17.4. The van der Waals surface area contributed by atoms with Crippen LogP contribution in [0.5, 0.6) is 0 Å². The van der Waals surface area contributed by atoms with Crippen LogP contribution in [0.3, 0.4) is 0 Å². The highest BCUT2D eigenvalue weighted by Crippen LogP contribution is 2.33. The second kappa shape index (κ2) is 11.1. The summed E-state index contributed by atoms with van der Waals surface area (Å²) in [5.41, 5.74) is 3.69. The van der Waals surface area contributed by atoms with Gasteiger partial charge in [0, 0.05) is 27.8 Å². The minimum absolute atomic E-state index is 0.219. The molecule has 0 unspecified atom stereocenters. The minimum Gasteiger partial charge on any atom is -0.444 e. The number of amides is 1. The predicted molar refractivity (Wildman–Crippen MR) is 152 cm³/mol. The zero-order chi connectivity index (χ0) is 26.8. The Labute approximate surface area is 226 Å². The first kappa shape index (κ1) is 27.6. The number of rotatable bonds is 7. The van der Waals surface area contributed by atoms with E-state index in [1.165, 1.54) is 11.9 Å². The third-order valence-electron chi connectivity index (χ3n) is 6.68. The molecule has 1 aromatic carbocycles. The number of hydrogen-bond acceptors (Lipinski definition) is 5. The van der Waals surface area contributed by atoms with E-state index in [1.54, 1.807) is 0 Å². The van der Waals surface area contributed by atoms with Gasteiger partial charge >= 0.3 is 6.09 Å². The summed E-state index contributed by atoms with van der Waals surface area (Å²) < 4.78 is 13.7. The molecule has 0 saturated carbocycles. The van der Waals surface area contributed by atoms with Crippen molar-refractivity contribution in [3.63, 3.8) is 0 Å². The van der Waals surface area contributed by atoms with Gasteiger partial charge in [0.15, 0.2) is 0 Å². The molecule has 9 heteroatoms. The minimum atomic E-state index is -1.17. The molecule has 0 bridgehead atoms. The second-order valence-electron chi connectivity index (χ2n) is 12.1. The third-order valence-corrected chi connectivity index (χ3v) is 8.69. The Balaban J connectivity index is 1.48. The van der Waals surface area contributed by atoms with Crippen molar-refractivity contribution >= 4 is 36.8 Å². The zero-order valence-electron chi connectivity index (χ0n) is 22.9. The first-order valence-electron chi connectivity index (χ1n) is 13.1.